The number of aliphatic hydroxyl groups is 1. The molecule has 3 heteroatoms. The van der Waals surface area contributed by atoms with E-state index in [4.69, 9.17) is 0 Å². The lowest BCUT2D eigenvalue weighted by molar-refractivity contribution is -0.134. The van der Waals surface area contributed by atoms with Gasteiger partial charge >= 0.3 is 0 Å². The minimum atomic E-state index is -0.287. The van der Waals surface area contributed by atoms with Gasteiger partial charge in [0.25, 0.3) is 0 Å². The van der Waals surface area contributed by atoms with Crippen LogP contribution >= 0.6 is 0 Å². The molecule has 1 saturated heterocycles. The lowest BCUT2D eigenvalue weighted by atomic mass is 10.0. The van der Waals surface area contributed by atoms with E-state index in [-0.39, 0.29) is 23.8 Å². The first-order chi connectivity index (χ1) is 7.10. The summed E-state index contributed by atoms with van der Waals surface area (Å²) in [6.45, 7) is 7.51. The first kappa shape index (κ1) is 12.5. The fourth-order valence-electron chi connectivity index (χ4n) is 2.28. The van der Waals surface area contributed by atoms with E-state index >= 15 is 0 Å². The quantitative estimate of drug-likeness (QED) is 0.771. The van der Waals surface area contributed by atoms with Crippen molar-refractivity contribution in [3.05, 3.63) is 0 Å². The van der Waals surface area contributed by atoms with Crippen molar-refractivity contribution >= 4 is 5.91 Å². The number of carbonyl (C=O) groups is 1. The standard InChI is InChI=1S/C12H23NO2/c1-4-10(5-2)12(15)13-7-6-11(8-13)9(3)14/h9-11,14H,4-8H2,1-3H3. The van der Waals surface area contributed by atoms with Crippen LogP contribution in [0.15, 0.2) is 0 Å². The Hall–Kier alpha value is -0.570. The van der Waals surface area contributed by atoms with Gasteiger partial charge in [0.1, 0.15) is 0 Å². The first-order valence-electron chi connectivity index (χ1n) is 6.06. The van der Waals surface area contributed by atoms with Crippen LogP contribution in [0, 0.1) is 11.8 Å². The molecule has 3 nitrogen and oxygen atoms in total. The van der Waals surface area contributed by atoms with Crippen LogP contribution in [-0.4, -0.2) is 35.1 Å². The number of rotatable bonds is 4. The van der Waals surface area contributed by atoms with Crippen LogP contribution in [0.1, 0.15) is 40.0 Å². The lowest BCUT2D eigenvalue weighted by Gasteiger charge is -2.22. The van der Waals surface area contributed by atoms with Crippen molar-refractivity contribution in [1.29, 1.82) is 0 Å². The summed E-state index contributed by atoms with van der Waals surface area (Å²) in [5.74, 6) is 0.740. The molecule has 2 atom stereocenters. The van der Waals surface area contributed by atoms with Gasteiger partial charge in [-0.15, -0.1) is 0 Å². The Morgan fingerprint density at radius 1 is 1.47 bits per heavy atom. The van der Waals surface area contributed by atoms with Crippen molar-refractivity contribution < 1.29 is 9.90 Å². The maximum Gasteiger partial charge on any atom is 0.225 e. The summed E-state index contributed by atoms with van der Waals surface area (Å²) in [5, 5.41) is 9.47. The molecule has 0 aromatic heterocycles. The summed E-state index contributed by atoms with van der Waals surface area (Å²) in [5.41, 5.74) is 0. The van der Waals surface area contributed by atoms with E-state index in [9.17, 15) is 9.90 Å². The molecule has 2 unspecified atom stereocenters. The zero-order valence-electron chi connectivity index (χ0n) is 10.1. The van der Waals surface area contributed by atoms with Crippen LogP contribution in [0.2, 0.25) is 0 Å². The molecule has 1 aliphatic heterocycles. The highest BCUT2D eigenvalue weighted by Gasteiger charge is 2.31. The highest BCUT2D eigenvalue weighted by atomic mass is 16.3. The van der Waals surface area contributed by atoms with Crippen LogP contribution in [-0.2, 0) is 4.79 Å². The van der Waals surface area contributed by atoms with Gasteiger partial charge in [-0.05, 0) is 26.2 Å². The van der Waals surface area contributed by atoms with Crippen molar-refractivity contribution in [2.24, 2.45) is 11.8 Å². The molecule has 0 aromatic rings. The van der Waals surface area contributed by atoms with Crippen molar-refractivity contribution in [1.82, 2.24) is 4.90 Å². The van der Waals surface area contributed by atoms with Crippen LogP contribution in [0.4, 0.5) is 0 Å². The van der Waals surface area contributed by atoms with E-state index in [0.29, 0.717) is 0 Å². The van der Waals surface area contributed by atoms with Crippen molar-refractivity contribution in [2.45, 2.75) is 46.1 Å². The minimum Gasteiger partial charge on any atom is -0.393 e. The van der Waals surface area contributed by atoms with Gasteiger partial charge in [0, 0.05) is 24.9 Å². The van der Waals surface area contributed by atoms with Crippen LogP contribution in [0.5, 0.6) is 0 Å². The van der Waals surface area contributed by atoms with Gasteiger partial charge in [-0.2, -0.15) is 0 Å². The Balaban J connectivity index is 2.49. The molecular formula is C12H23NO2. The highest BCUT2D eigenvalue weighted by Crippen LogP contribution is 2.23. The summed E-state index contributed by atoms with van der Waals surface area (Å²) >= 11 is 0. The molecule has 1 fully saturated rings. The fourth-order valence-corrected chi connectivity index (χ4v) is 2.28. The van der Waals surface area contributed by atoms with Crippen molar-refractivity contribution in [3.63, 3.8) is 0 Å². The van der Waals surface area contributed by atoms with Gasteiger partial charge in [0.2, 0.25) is 5.91 Å². The zero-order valence-corrected chi connectivity index (χ0v) is 10.1. The van der Waals surface area contributed by atoms with Gasteiger partial charge < -0.3 is 10.0 Å². The number of carbonyl (C=O) groups excluding carboxylic acids is 1. The van der Waals surface area contributed by atoms with Gasteiger partial charge in [-0.1, -0.05) is 13.8 Å². The molecule has 88 valence electrons. The molecule has 0 spiro atoms. The Kier molecular flexibility index (Phi) is 4.58. The molecule has 1 amide bonds. The Morgan fingerprint density at radius 3 is 2.47 bits per heavy atom. The van der Waals surface area contributed by atoms with E-state index in [1.807, 2.05) is 11.8 Å². The number of aliphatic hydroxyl groups excluding tert-OH is 1. The van der Waals surface area contributed by atoms with Crippen LogP contribution in [0.25, 0.3) is 0 Å². The third kappa shape index (κ3) is 2.94. The highest BCUT2D eigenvalue weighted by molar-refractivity contribution is 5.79. The van der Waals surface area contributed by atoms with Crippen LogP contribution in [0.3, 0.4) is 0 Å². The summed E-state index contributed by atoms with van der Waals surface area (Å²) in [6, 6.07) is 0. The molecule has 1 rings (SSSR count). The molecule has 1 heterocycles. The Bertz CT molecular complexity index is 212. The molecule has 0 aromatic carbocycles. The van der Waals surface area contributed by atoms with Gasteiger partial charge in [-0.25, -0.2) is 0 Å². The summed E-state index contributed by atoms with van der Waals surface area (Å²) < 4.78 is 0. The molecule has 0 aliphatic carbocycles. The second kappa shape index (κ2) is 5.50. The Labute approximate surface area is 92.5 Å². The zero-order chi connectivity index (χ0) is 11.4. The number of nitrogens with zero attached hydrogens (tertiary/aromatic N) is 1. The van der Waals surface area contributed by atoms with Crippen molar-refractivity contribution in [2.75, 3.05) is 13.1 Å². The third-order valence-electron chi connectivity index (χ3n) is 3.55. The van der Waals surface area contributed by atoms with E-state index in [1.165, 1.54) is 0 Å². The van der Waals surface area contributed by atoms with Crippen molar-refractivity contribution in [3.8, 4) is 0 Å². The number of hydrogen-bond acceptors (Lipinski definition) is 2. The van der Waals surface area contributed by atoms with E-state index in [1.54, 1.807) is 0 Å². The summed E-state index contributed by atoms with van der Waals surface area (Å²) in [7, 11) is 0. The maximum absolute atomic E-state index is 12.0. The third-order valence-corrected chi connectivity index (χ3v) is 3.55. The smallest absolute Gasteiger partial charge is 0.225 e. The Morgan fingerprint density at radius 2 is 2.07 bits per heavy atom. The van der Waals surface area contributed by atoms with E-state index in [2.05, 4.69) is 13.8 Å². The maximum atomic E-state index is 12.0. The normalized spacial score (nSPS) is 23.5. The predicted molar refractivity (Wildman–Crippen MR) is 60.4 cm³/mol. The molecular weight excluding hydrogens is 190 g/mol. The SMILES string of the molecule is CCC(CC)C(=O)N1CCC(C(C)O)C1. The number of hydrogen-bond donors (Lipinski definition) is 1. The first-order valence-corrected chi connectivity index (χ1v) is 6.06. The minimum absolute atomic E-state index is 0.178. The van der Waals surface area contributed by atoms with Gasteiger partial charge in [-0.3, -0.25) is 4.79 Å². The number of amides is 1. The van der Waals surface area contributed by atoms with E-state index < -0.39 is 0 Å². The average molecular weight is 213 g/mol. The summed E-state index contributed by atoms with van der Waals surface area (Å²) in [4.78, 5) is 13.9. The molecule has 15 heavy (non-hydrogen) atoms. The number of likely N-dealkylation sites (tertiary alicyclic amines) is 1. The topological polar surface area (TPSA) is 40.5 Å². The van der Waals surface area contributed by atoms with Gasteiger partial charge in [0.15, 0.2) is 0 Å². The molecule has 0 saturated carbocycles. The second-order valence-corrected chi connectivity index (χ2v) is 4.59. The molecule has 0 bridgehead atoms. The van der Waals surface area contributed by atoms with E-state index in [0.717, 1.165) is 32.4 Å². The van der Waals surface area contributed by atoms with Crippen LogP contribution < -0.4 is 0 Å². The monoisotopic (exact) mass is 213 g/mol. The lowest BCUT2D eigenvalue weighted by Crippen LogP contribution is -2.35. The largest absolute Gasteiger partial charge is 0.393 e. The molecule has 0 radical (unpaired) electrons. The average Bonchev–Trinajstić information content (AvgIpc) is 2.68. The summed E-state index contributed by atoms with van der Waals surface area (Å²) in [6.07, 6.45) is 2.50. The van der Waals surface area contributed by atoms with Gasteiger partial charge in [0.05, 0.1) is 6.10 Å². The predicted octanol–water partition coefficient (Wildman–Crippen LogP) is 1.65. The fraction of sp³-hybridized carbons (Fsp3) is 0.917. The molecule has 1 N–H and O–H groups in total. The second-order valence-electron chi connectivity index (χ2n) is 4.59. The molecule has 1 aliphatic rings.